The van der Waals surface area contributed by atoms with E-state index in [1.54, 1.807) is 12.1 Å². The number of carbonyl (C=O) groups is 1. The molecule has 0 radical (unpaired) electrons. The van der Waals surface area contributed by atoms with E-state index in [-0.39, 0.29) is 35.1 Å². The highest BCUT2D eigenvalue weighted by Crippen LogP contribution is 2.40. The topological polar surface area (TPSA) is 35.5 Å². The molecule has 0 saturated heterocycles. The molecule has 0 unspecified atom stereocenters. The van der Waals surface area contributed by atoms with Crippen LogP contribution in [-0.2, 0) is 4.79 Å². The number of hydrogen-bond donors (Lipinski definition) is 0. The van der Waals surface area contributed by atoms with Gasteiger partial charge >= 0.3 is 5.97 Å². The second-order valence-electron chi connectivity index (χ2n) is 11.0. The van der Waals surface area contributed by atoms with Crippen molar-refractivity contribution in [3.63, 3.8) is 0 Å². The molecule has 6 heteroatoms. The van der Waals surface area contributed by atoms with E-state index in [1.807, 2.05) is 6.07 Å². The first-order valence-corrected chi connectivity index (χ1v) is 14.0. The van der Waals surface area contributed by atoms with E-state index in [0.29, 0.717) is 43.8 Å². The summed E-state index contributed by atoms with van der Waals surface area (Å²) >= 11 is 0. The van der Waals surface area contributed by atoms with Crippen molar-refractivity contribution in [1.82, 2.24) is 0 Å². The van der Waals surface area contributed by atoms with Gasteiger partial charge in [0.2, 0.25) is 5.82 Å². The maximum atomic E-state index is 14.8. The van der Waals surface area contributed by atoms with Gasteiger partial charge in [-0.15, -0.1) is 0 Å². The Morgan fingerprint density at radius 1 is 0.838 bits per heavy atom. The summed E-state index contributed by atoms with van der Waals surface area (Å²) < 4.78 is 55.0. The van der Waals surface area contributed by atoms with Crippen molar-refractivity contribution in [3.05, 3.63) is 58.9 Å². The molecular formula is C31H39F3O3. The summed E-state index contributed by atoms with van der Waals surface area (Å²) in [6.07, 6.45) is 9.26. The Labute approximate surface area is 218 Å². The zero-order valence-corrected chi connectivity index (χ0v) is 22.0. The monoisotopic (exact) mass is 516 g/mol. The second kappa shape index (κ2) is 12.8. The van der Waals surface area contributed by atoms with Gasteiger partial charge in [0, 0.05) is 0 Å². The first-order chi connectivity index (χ1) is 17.9. The lowest BCUT2D eigenvalue weighted by Crippen LogP contribution is -2.25. The highest BCUT2D eigenvalue weighted by atomic mass is 19.2. The summed E-state index contributed by atoms with van der Waals surface area (Å²) in [5.74, 6) is -2.55. The molecule has 4 rings (SSSR count). The summed E-state index contributed by atoms with van der Waals surface area (Å²) in [4.78, 5) is 12.8. The molecule has 2 fully saturated rings. The number of benzene rings is 2. The summed E-state index contributed by atoms with van der Waals surface area (Å²) in [6.45, 7) is 4.80. The highest BCUT2D eigenvalue weighted by molar-refractivity contribution is 5.75. The maximum absolute atomic E-state index is 14.8. The van der Waals surface area contributed by atoms with Crippen LogP contribution in [0, 0.1) is 29.3 Å². The van der Waals surface area contributed by atoms with Gasteiger partial charge in [0.15, 0.2) is 23.1 Å². The maximum Gasteiger partial charge on any atom is 0.314 e. The third-order valence-electron chi connectivity index (χ3n) is 8.24. The Hall–Kier alpha value is -2.50. The van der Waals surface area contributed by atoms with Crippen molar-refractivity contribution in [1.29, 1.82) is 0 Å². The minimum atomic E-state index is -1.08. The molecule has 0 atom stereocenters. The van der Waals surface area contributed by atoms with Gasteiger partial charge in [-0.25, -0.2) is 8.78 Å². The molecule has 2 aliphatic rings. The fourth-order valence-electron chi connectivity index (χ4n) is 5.79. The lowest BCUT2D eigenvalue weighted by atomic mass is 9.78. The quantitative estimate of drug-likeness (QED) is 0.190. The SMILES string of the molecule is CCCCCOc1ccc(C2CCC(C(=O)Oc3ccc(C4CCC(C)CC4)c(F)c3F)CC2)cc1F. The summed E-state index contributed by atoms with van der Waals surface area (Å²) in [7, 11) is 0. The summed E-state index contributed by atoms with van der Waals surface area (Å²) in [6, 6.07) is 8.08. The summed E-state index contributed by atoms with van der Waals surface area (Å²) in [5.41, 5.74) is 1.28. The number of hydrogen-bond acceptors (Lipinski definition) is 3. The van der Waals surface area contributed by atoms with Crippen molar-refractivity contribution >= 4 is 5.97 Å². The molecule has 3 nitrogen and oxygen atoms in total. The molecule has 0 aromatic heterocycles. The lowest BCUT2D eigenvalue weighted by molar-refractivity contribution is -0.140. The van der Waals surface area contributed by atoms with E-state index < -0.39 is 17.6 Å². The fourth-order valence-corrected chi connectivity index (χ4v) is 5.79. The van der Waals surface area contributed by atoms with Gasteiger partial charge in [0.25, 0.3) is 0 Å². The average molecular weight is 517 g/mol. The van der Waals surface area contributed by atoms with Crippen LogP contribution >= 0.6 is 0 Å². The minimum Gasteiger partial charge on any atom is -0.491 e. The zero-order chi connectivity index (χ0) is 26.4. The largest absolute Gasteiger partial charge is 0.491 e. The Bertz CT molecular complexity index is 1050. The minimum absolute atomic E-state index is 0.0113. The van der Waals surface area contributed by atoms with Crippen LogP contribution in [0.15, 0.2) is 30.3 Å². The fraction of sp³-hybridized carbons (Fsp3) is 0.581. The van der Waals surface area contributed by atoms with Gasteiger partial charge in [0.05, 0.1) is 12.5 Å². The van der Waals surface area contributed by atoms with Crippen molar-refractivity contribution < 1.29 is 27.4 Å². The van der Waals surface area contributed by atoms with Crippen LogP contribution in [-0.4, -0.2) is 12.6 Å². The van der Waals surface area contributed by atoms with Gasteiger partial charge in [-0.2, -0.15) is 4.39 Å². The molecule has 2 aromatic carbocycles. The van der Waals surface area contributed by atoms with Gasteiger partial charge < -0.3 is 9.47 Å². The van der Waals surface area contributed by atoms with E-state index in [4.69, 9.17) is 9.47 Å². The molecule has 2 aromatic rings. The van der Waals surface area contributed by atoms with Crippen LogP contribution in [0.5, 0.6) is 11.5 Å². The Morgan fingerprint density at radius 2 is 1.51 bits per heavy atom. The number of ether oxygens (including phenoxy) is 2. The number of unbranched alkanes of at least 4 members (excludes halogenated alkanes) is 2. The van der Waals surface area contributed by atoms with E-state index in [2.05, 4.69) is 13.8 Å². The Kier molecular flexibility index (Phi) is 9.55. The molecule has 202 valence electrons. The zero-order valence-electron chi connectivity index (χ0n) is 22.0. The highest BCUT2D eigenvalue weighted by Gasteiger charge is 2.31. The van der Waals surface area contributed by atoms with Crippen LogP contribution in [0.3, 0.4) is 0 Å². The molecule has 0 aliphatic heterocycles. The molecule has 0 heterocycles. The van der Waals surface area contributed by atoms with Crippen LogP contribution in [0.1, 0.15) is 107 Å². The van der Waals surface area contributed by atoms with Crippen LogP contribution < -0.4 is 9.47 Å². The van der Waals surface area contributed by atoms with Gasteiger partial charge in [-0.05, 0) is 92.0 Å². The molecule has 0 spiro atoms. The van der Waals surface area contributed by atoms with Crippen LogP contribution in [0.25, 0.3) is 0 Å². The third-order valence-corrected chi connectivity index (χ3v) is 8.24. The first kappa shape index (κ1) is 27.5. The van der Waals surface area contributed by atoms with Crippen molar-refractivity contribution in [2.75, 3.05) is 6.61 Å². The van der Waals surface area contributed by atoms with Crippen molar-refractivity contribution in [2.45, 2.75) is 96.3 Å². The number of carbonyl (C=O) groups excluding carboxylic acids is 1. The van der Waals surface area contributed by atoms with Gasteiger partial charge in [0.1, 0.15) is 0 Å². The van der Waals surface area contributed by atoms with E-state index in [0.717, 1.165) is 50.5 Å². The molecule has 0 amide bonds. The van der Waals surface area contributed by atoms with E-state index in [9.17, 15) is 18.0 Å². The van der Waals surface area contributed by atoms with Gasteiger partial charge in [-0.3, -0.25) is 4.79 Å². The third kappa shape index (κ3) is 6.88. The van der Waals surface area contributed by atoms with E-state index >= 15 is 0 Å². The van der Waals surface area contributed by atoms with Crippen LogP contribution in [0.2, 0.25) is 0 Å². The van der Waals surface area contributed by atoms with E-state index in [1.165, 1.54) is 12.1 Å². The number of rotatable bonds is 9. The average Bonchev–Trinajstić information content (AvgIpc) is 2.91. The van der Waals surface area contributed by atoms with Crippen molar-refractivity contribution in [3.8, 4) is 11.5 Å². The predicted octanol–water partition coefficient (Wildman–Crippen LogP) is 8.85. The molecular weight excluding hydrogens is 477 g/mol. The summed E-state index contributed by atoms with van der Waals surface area (Å²) in [5, 5.41) is 0. The molecule has 0 N–H and O–H groups in total. The second-order valence-corrected chi connectivity index (χ2v) is 11.0. The molecule has 2 saturated carbocycles. The number of halogens is 3. The Morgan fingerprint density at radius 3 is 2.19 bits per heavy atom. The molecule has 0 bridgehead atoms. The lowest BCUT2D eigenvalue weighted by Gasteiger charge is -2.28. The van der Waals surface area contributed by atoms with Crippen molar-refractivity contribution in [2.24, 2.45) is 11.8 Å². The smallest absolute Gasteiger partial charge is 0.314 e. The van der Waals surface area contributed by atoms with Crippen LogP contribution in [0.4, 0.5) is 13.2 Å². The first-order valence-electron chi connectivity index (χ1n) is 14.0. The van der Waals surface area contributed by atoms with Gasteiger partial charge in [-0.1, -0.05) is 51.7 Å². The Balaban J connectivity index is 1.30. The normalized spacial score (nSPS) is 24.0. The molecule has 37 heavy (non-hydrogen) atoms. The standard InChI is InChI=1S/C31H39F3O3/c1-3-4-5-18-36-27-16-14-24(19-26(27)32)21-10-12-23(13-11-21)31(35)37-28-17-15-25(29(33)30(28)34)22-8-6-20(2)7-9-22/h14-17,19-23H,3-13,18H2,1-2H3. The molecule has 2 aliphatic carbocycles. The predicted molar refractivity (Wildman–Crippen MR) is 138 cm³/mol. The number of esters is 1.